The van der Waals surface area contributed by atoms with Crippen molar-refractivity contribution in [1.82, 2.24) is 5.32 Å². The summed E-state index contributed by atoms with van der Waals surface area (Å²) < 4.78 is 11.9. The van der Waals surface area contributed by atoms with E-state index in [1.807, 2.05) is 102 Å². The third-order valence-electron chi connectivity index (χ3n) is 24.4. The van der Waals surface area contributed by atoms with Crippen molar-refractivity contribution in [3.8, 4) is 73.5 Å². The molecule has 0 bridgehead atoms. The first kappa shape index (κ1) is 96.6. The molecule has 12 aromatic rings. The predicted molar refractivity (Wildman–Crippen MR) is 561 cm³/mol. The van der Waals surface area contributed by atoms with E-state index in [1.165, 1.54) is 118 Å². The standard InChI is InChI=1S/C21H29NS.C20H26O2S.C19H26S2.3C17H22S2/c1-20(2,3)17-8-7-15(14-11-12-22-13-16(14)17)18-9-10-19(23-18)21(4,5)6;1-19(2,3)14-9-7-13(8-10-14)17-15-16(22-12-11-21-15)18(23-17)20(4,5)6;1-17(2,3)13-9-11-15(20-13)16-12(19(11,7)8)10-14(21-16)18(4,5)6;1-16(2,3)14-7-10-11-8-15(17(4,5)6)19-13(11)9-12(10)18-14;1-16(2,3)13-8-10-7-12-11(15(10)19-13)9-14(18-12)17(4,5)6;1-16(2,3)12-8-10-7-11-9-13(17(4,5)6)19-15(11)14(10)18-12/h7-10,22H,11-13H2,1-6H3;7-10H,11-12H2,1-6H3;9-10H,1-8H3;7-8H,9H2,1-6H3;2*8-9H,7H2,1-6H3. The fraction of sp³-hybridized carbons (Fsp3) is 0.532. The number of rotatable bonds is 2. The monoisotopic (exact) mass is 1850 g/mol. The molecule has 3 nitrogen and oxygen atoms in total. The van der Waals surface area contributed by atoms with Gasteiger partial charge in [0, 0.05) is 130 Å². The molecule has 0 fully saturated rings. The van der Waals surface area contributed by atoms with Gasteiger partial charge in [-0.3, -0.25) is 0 Å². The summed E-state index contributed by atoms with van der Waals surface area (Å²) in [5.74, 6) is 1.87. The zero-order chi connectivity index (χ0) is 91.4. The minimum absolute atomic E-state index is 0.0546. The van der Waals surface area contributed by atoms with E-state index in [2.05, 4.69) is 365 Å². The van der Waals surface area contributed by atoms with E-state index in [0.29, 0.717) is 13.2 Å². The van der Waals surface area contributed by atoms with Gasteiger partial charge in [0.1, 0.15) is 13.2 Å². The van der Waals surface area contributed by atoms with Crippen LogP contribution in [0.3, 0.4) is 0 Å². The molecular formula is C111H147NO2S10. The van der Waals surface area contributed by atoms with Crippen LogP contribution >= 0.6 is 113 Å². The molecule has 0 spiro atoms. The molecule has 2 aromatic carbocycles. The molecule has 1 N–H and O–H groups in total. The van der Waals surface area contributed by atoms with Crippen LogP contribution in [0.2, 0.25) is 0 Å². The van der Waals surface area contributed by atoms with Crippen LogP contribution in [0.25, 0.3) is 62.0 Å². The van der Waals surface area contributed by atoms with E-state index in [0.717, 1.165) is 50.3 Å². The van der Waals surface area contributed by atoms with Crippen LogP contribution < -0.4 is 14.8 Å². The lowest BCUT2D eigenvalue weighted by Crippen LogP contribution is -2.28. The van der Waals surface area contributed by atoms with Crippen LogP contribution in [0.5, 0.6) is 11.5 Å². The van der Waals surface area contributed by atoms with Crippen LogP contribution in [-0.2, 0) is 103 Å². The van der Waals surface area contributed by atoms with Crippen molar-refractivity contribution in [2.75, 3.05) is 19.8 Å². The smallest absolute Gasteiger partial charge is 0.180 e. The minimum Gasteiger partial charge on any atom is -0.485 e. The van der Waals surface area contributed by atoms with Gasteiger partial charge in [-0.2, -0.15) is 0 Å². The molecule has 124 heavy (non-hydrogen) atoms. The number of hydrogen-bond acceptors (Lipinski definition) is 13. The van der Waals surface area contributed by atoms with Crippen molar-refractivity contribution in [3.05, 3.63) is 211 Å². The molecule has 13 heteroatoms. The Kier molecular flexibility index (Phi) is 26.5. The third kappa shape index (κ3) is 20.5. The van der Waals surface area contributed by atoms with Gasteiger partial charge in [-0.1, -0.05) is 300 Å². The van der Waals surface area contributed by atoms with Gasteiger partial charge in [-0.15, -0.1) is 113 Å². The summed E-state index contributed by atoms with van der Waals surface area (Å²) >= 11 is 19.8. The van der Waals surface area contributed by atoms with Crippen LogP contribution in [0.15, 0.2) is 97.1 Å². The van der Waals surface area contributed by atoms with Crippen molar-refractivity contribution in [2.24, 2.45) is 0 Å². The van der Waals surface area contributed by atoms with Gasteiger partial charge in [0.15, 0.2) is 11.5 Å². The van der Waals surface area contributed by atoms with Crippen LogP contribution in [0.4, 0.5) is 0 Å². The van der Waals surface area contributed by atoms with Crippen molar-refractivity contribution in [3.63, 3.8) is 0 Å². The van der Waals surface area contributed by atoms with Gasteiger partial charge in [0.2, 0.25) is 0 Å². The van der Waals surface area contributed by atoms with E-state index in [-0.39, 0.29) is 70.4 Å². The summed E-state index contributed by atoms with van der Waals surface area (Å²) in [6.45, 7) is 90.8. The zero-order valence-electron chi connectivity index (χ0n) is 82.8. The number of benzene rings is 2. The van der Waals surface area contributed by atoms with Gasteiger partial charge in [0.25, 0.3) is 0 Å². The Balaban J connectivity index is 0.000000128. The first-order valence-electron chi connectivity index (χ1n) is 45.4. The highest BCUT2D eigenvalue weighted by Gasteiger charge is 2.43. The van der Waals surface area contributed by atoms with E-state index in [1.54, 1.807) is 69.1 Å². The molecule has 18 rings (SSSR count). The van der Waals surface area contributed by atoms with Crippen molar-refractivity contribution in [2.45, 2.75) is 366 Å². The Morgan fingerprint density at radius 2 is 0.677 bits per heavy atom. The maximum atomic E-state index is 5.97. The Labute approximate surface area is 790 Å². The molecule has 0 atom stereocenters. The topological polar surface area (TPSA) is 30.5 Å². The minimum atomic E-state index is 0.0546. The summed E-state index contributed by atoms with van der Waals surface area (Å²) in [7, 11) is 0. The predicted octanol–water partition coefficient (Wildman–Crippen LogP) is 36.1. The Bertz CT molecular complexity index is 5350. The molecule has 0 saturated carbocycles. The van der Waals surface area contributed by atoms with Crippen molar-refractivity contribution < 1.29 is 9.47 Å². The summed E-state index contributed by atoms with van der Waals surface area (Å²) in [6.07, 6.45) is 4.59. The van der Waals surface area contributed by atoms with E-state index < -0.39 is 0 Å². The van der Waals surface area contributed by atoms with Gasteiger partial charge >= 0.3 is 0 Å². The number of thiophene rings is 10. The molecular weight excluding hydrogens is 1700 g/mol. The molecule has 0 unspecified atom stereocenters. The largest absolute Gasteiger partial charge is 0.485 e. The lowest BCUT2D eigenvalue weighted by Gasteiger charge is -2.29. The maximum absolute atomic E-state index is 5.97. The molecule has 6 aliphatic rings. The molecule has 668 valence electrons. The molecule has 2 aliphatic heterocycles. The summed E-state index contributed by atoms with van der Waals surface area (Å²) in [5.41, 5.74) is 23.9. The average molecular weight is 1850 g/mol. The van der Waals surface area contributed by atoms with Gasteiger partial charge in [-0.05, 0) is 206 Å². The normalized spacial score (nSPS) is 15.2. The molecule has 10 aromatic heterocycles. The Hall–Kier alpha value is -5.00. The maximum Gasteiger partial charge on any atom is 0.180 e. The zero-order valence-corrected chi connectivity index (χ0v) is 91.0. The van der Waals surface area contributed by atoms with E-state index in [4.69, 9.17) is 9.47 Å². The molecule has 0 saturated heterocycles. The summed E-state index contributed by atoms with van der Waals surface area (Å²) in [5, 5.41) is 3.56. The fourth-order valence-electron chi connectivity index (χ4n) is 16.5. The molecule has 12 heterocycles. The number of hydrogen-bond donors (Lipinski definition) is 1. The second kappa shape index (κ2) is 34.0. The SMILES string of the molecule is CC(C)(C)c1cc2c(s1)-c1sc(C(C)(C)C)cc1C2.CC(C)(C)c1cc2c(s1)-c1sc(C(C)(C)C)cc1C2(C)C.CC(C)(C)c1cc2c(s1)Cc1cc(C(C)(C)C)sc1-2.CC(C)(C)c1cc2c(s1)Cc1sc(C(C)(C)C)cc1-2.CC(C)(C)c1ccc(-c2ccc(C(C)(C)C)c3c2CCNC3)s1.CC(C)(C)c1ccc(-c2sc(C(C)(C)C)c3c2OCCO3)cc1. The first-order valence-corrected chi connectivity index (χ1v) is 53.5. The van der Waals surface area contributed by atoms with E-state index in [9.17, 15) is 0 Å². The van der Waals surface area contributed by atoms with Gasteiger partial charge < -0.3 is 14.8 Å². The van der Waals surface area contributed by atoms with Crippen LogP contribution in [0.1, 0.15) is 377 Å². The molecule has 0 amide bonds. The van der Waals surface area contributed by atoms with Crippen LogP contribution in [0, 0.1) is 0 Å². The first-order chi connectivity index (χ1) is 56.8. The lowest BCUT2D eigenvalue weighted by atomic mass is 9.79. The van der Waals surface area contributed by atoms with Crippen molar-refractivity contribution >= 4 is 113 Å². The molecule has 4 aliphatic carbocycles. The fourth-order valence-corrected chi connectivity index (χ4v) is 29.6. The number of ether oxygens (including phenoxy) is 2. The number of fused-ring (bicyclic) bond motifs is 14. The Morgan fingerprint density at radius 3 is 1.09 bits per heavy atom. The second-order valence-corrected chi connectivity index (χ2v) is 59.3. The second-order valence-electron chi connectivity index (χ2n) is 48.5. The van der Waals surface area contributed by atoms with E-state index >= 15 is 0 Å². The highest BCUT2D eigenvalue weighted by atomic mass is 32.1. The highest BCUT2D eigenvalue weighted by molar-refractivity contribution is 7.24. The van der Waals surface area contributed by atoms with Gasteiger partial charge in [0.05, 0.1) is 9.75 Å². The Morgan fingerprint density at radius 1 is 0.290 bits per heavy atom. The average Bonchev–Trinajstić information content (AvgIpc) is 1.55. The quantitative estimate of drug-likeness (QED) is 0.187. The lowest BCUT2D eigenvalue weighted by molar-refractivity contribution is 0.171. The van der Waals surface area contributed by atoms with Crippen LogP contribution in [-0.4, -0.2) is 19.8 Å². The summed E-state index contributed by atoms with van der Waals surface area (Å²) in [6, 6.07) is 37.7. The van der Waals surface area contributed by atoms with Crippen molar-refractivity contribution in [1.29, 1.82) is 0 Å². The number of nitrogens with one attached hydrogen (secondary N) is 1. The molecule has 0 radical (unpaired) electrons. The highest BCUT2D eigenvalue weighted by Crippen LogP contribution is 2.60. The summed E-state index contributed by atoms with van der Waals surface area (Å²) in [4.78, 5) is 29.9. The third-order valence-corrected chi connectivity index (χ3v) is 40.5. The van der Waals surface area contributed by atoms with Gasteiger partial charge in [-0.25, -0.2) is 0 Å².